The zero-order valence-electron chi connectivity index (χ0n) is 17.1. The number of ether oxygens (including phenoxy) is 1. The minimum absolute atomic E-state index is 0.0374. The number of rotatable bonds is 10. The van der Waals surface area contributed by atoms with E-state index < -0.39 is 0 Å². The van der Waals surface area contributed by atoms with Crippen LogP contribution in [0.5, 0.6) is 5.75 Å². The first kappa shape index (κ1) is 21.6. The van der Waals surface area contributed by atoms with Crippen LogP contribution in [0.15, 0.2) is 66.6 Å². The highest BCUT2D eigenvalue weighted by Gasteiger charge is 2.20. The van der Waals surface area contributed by atoms with Crippen LogP contribution < -0.4 is 10.1 Å². The average Bonchev–Trinajstić information content (AvgIpc) is 3.17. The van der Waals surface area contributed by atoms with E-state index in [4.69, 9.17) is 4.74 Å². The number of hydrogen-bond donors (Lipinski definition) is 1. The van der Waals surface area contributed by atoms with Crippen molar-refractivity contribution < 1.29 is 9.53 Å². The van der Waals surface area contributed by atoms with Crippen molar-refractivity contribution in [2.45, 2.75) is 30.3 Å². The summed E-state index contributed by atoms with van der Waals surface area (Å²) in [5.41, 5.74) is 2.01. The Morgan fingerprint density at radius 3 is 2.77 bits per heavy atom. The van der Waals surface area contributed by atoms with Crippen molar-refractivity contribution >= 4 is 17.7 Å². The molecule has 2 aromatic heterocycles. The largest absolute Gasteiger partial charge is 0.497 e. The molecule has 0 aliphatic rings. The molecule has 1 aromatic carbocycles. The molecule has 0 bridgehead atoms. The molecule has 0 aliphatic heterocycles. The van der Waals surface area contributed by atoms with Gasteiger partial charge in [0.1, 0.15) is 5.75 Å². The minimum Gasteiger partial charge on any atom is -0.497 e. The number of amides is 1. The number of allylic oxidation sites excluding steroid dienone is 1. The Hall–Kier alpha value is -3.13. The van der Waals surface area contributed by atoms with E-state index in [1.165, 1.54) is 11.8 Å². The van der Waals surface area contributed by atoms with Gasteiger partial charge in [-0.1, -0.05) is 30.0 Å². The van der Waals surface area contributed by atoms with E-state index in [1.54, 1.807) is 25.6 Å². The van der Waals surface area contributed by atoms with E-state index in [-0.39, 0.29) is 11.2 Å². The van der Waals surface area contributed by atoms with E-state index in [0.29, 0.717) is 24.1 Å². The van der Waals surface area contributed by atoms with Crippen LogP contribution in [0.1, 0.15) is 12.5 Å². The molecule has 30 heavy (non-hydrogen) atoms. The number of hydrogen-bond acceptors (Lipinski definition) is 6. The SMILES string of the molecule is C=CCn1c(S[C@H](C)C(=O)NCCc2ccc(OC)cc2)nnc1-c1cccnc1. The van der Waals surface area contributed by atoms with Gasteiger partial charge >= 0.3 is 0 Å². The highest BCUT2D eigenvalue weighted by Crippen LogP contribution is 2.26. The lowest BCUT2D eigenvalue weighted by molar-refractivity contribution is -0.120. The van der Waals surface area contributed by atoms with Gasteiger partial charge in [-0.05, 0) is 43.2 Å². The van der Waals surface area contributed by atoms with Gasteiger partial charge in [-0.3, -0.25) is 14.3 Å². The van der Waals surface area contributed by atoms with E-state index in [9.17, 15) is 4.79 Å². The van der Waals surface area contributed by atoms with Crippen molar-refractivity contribution in [2.75, 3.05) is 13.7 Å². The van der Waals surface area contributed by atoms with Crippen LogP contribution in [-0.4, -0.2) is 44.6 Å². The smallest absolute Gasteiger partial charge is 0.233 e. The fourth-order valence-electron chi connectivity index (χ4n) is 2.86. The highest BCUT2D eigenvalue weighted by molar-refractivity contribution is 8.00. The van der Waals surface area contributed by atoms with Crippen molar-refractivity contribution in [3.63, 3.8) is 0 Å². The first-order chi connectivity index (χ1) is 14.6. The van der Waals surface area contributed by atoms with Crippen molar-refractivity contribution in [1.29, 1.82) is 0 Å². The average molecular weight is 424 g/mol. The summed E-state index contributed by atoms with van der Waals surface area (Å²) in [6.07, 6.45) is 6.00. The first-order valence-corrected chi connectivity index (χ1v) is 10.5. The van der Waals surface area contributed by atoms with Crippen LogP contribution in [0.25, 0.3) is 11.4 Å². The number of pyridine rings is 1. The lowest BCUT2D eigenvalue weighted by Gasteiger charge is -2.13. The number of nitrogens with one attached hydrogen (secondary N) is 1. The van der Waals surface area contributed by atoms with Crippen LogP contribution >= 0.6 is 11.8 Å². The van der Waals surface area contributed by atoms with Gasteiger partial charge in [0.25, 0.3) is 0 Å². The molecule has 3 rings (SSSR count). The molecule has 1 N–H and O–H groups in total. The Labute approximate surface area is 180 Å². The minimum atomic E-state index is -0.310. The van der Waals surface area contributed by atoms with Crippen molar-refractivity contribution in [1.82, 2.24) is 25.1 Å². The molecule has 0 spiro atoms. The van der Waals surface area contributed by atoms with Gasteiger partial charge in [-0.25, -0.2) is 0 Å². The maximum atomic E-state index is 12.5. The molecular formula is C22H25N5O2S. The lowest BCUT2D eigenvalue weighted by atomic mass is 10.1. The zero-order chi connectivity index (χ0) is 21.3. The molecule has 3 aromatic rings. The number of thioether (sulfide) groups is 1. The Bertz CT molecular complexity index is 973. The lowest BCUT2D eigenvalue weighted by Crippen LogP contribution is -2.32. The summed E-state index contributed by atoms with van der Waals surface area (Å²) in [5, 5.41) is 11.9. The molecule has 0 unspecified atom stereocenters. The monoisotopic (exact) mass is 423 g/mol. The molecule has 1 amide bonds. The van der Waals surface area contributed by atoms with Crippen LogP contribution in [-0.2, 0) is 17.8 Å². The van der Waals surface area contributed by atoms with Gasteiger partial charge in [0.2, 0.25) is 5.91 Å². The molecule has 0 saturated heterocycles. The predicted molar refractivity (Wildman–Crippen MR) is 118 cm³/mol. The molecule has 8 heteroatoms. The Kier molecular flexibility index (Phi) is 7.62. The zero-order valence-corrected chi connectivity index (χ0v) is 17.9. The van der Waals surface area contributed by atoms with Crippen molar-refractivity contribution in [3.8, 4) is 17.1 Å². The summed E-state index contributed by atoms with van der Waals surface area (Å²) in [7, 11) is 1.64. The third kappa shape index (κ3) is 5.48. The van der Waals surface area contributed by atoms with Crippen LogP contribution in [0.3, 0.4) is 0 Å². The van der Waals surface area contributed by atoms with Crippen LogP contribution in [0.4, 0.5) is 0 Å². The number of nitrogens with zero attached hydrogens (tertiary/aromatic N) is 4. The maximum absolute atomic E-state index is 12.5. The maximum Gasteiger partial charge on any atom is 0.233 e. The molecule has 0 aliphatic carbocycles. The quantitative estimate of drug-likeness (QED) is 0.398. The standard InChI is InChI=1S/C22H25N5O2S/c1-4-14-27-20(18-6-5-12-23-15-18)25-26-22(27)30-16(2)21(28)24-13-11-17-7-9-19(29-3)10-8-17/h4-10,12,15-16H,1,11,13-14H2,2-3H3,(H,24,28)/t16-/m1/s1. The number of carbonyl (C=O) groups is 1. The van der Waals surface area contributed by atoms with Gasteiger partial charge in [-0.15, -0.1) is 16.8 Å². The van der Waals surface area contributed by atoms with Gasteiger partial charge in [-0.2, -0.15) is 0 Å². The number of aromatic nitrogens is 4. The highest BCUT2D eigenvalue weighted by atomic mass is 32.2. The first-order valence-electron chi connectivity index (χ1n) is 9.64. The van der Waals surface area contributed by atoms with E-state index >= 15 is 0 Å². The molecule has 0 radical (unpaired) electrons. The van der Waals surface area contributed by atoms with E-state index in [2.05, 4.69) is 27.1 Å². The number of methoxy groups -OCH3 is 1. The summed E-state index contributed by atoms with van der Waals surface area (Å²) in [4.78, 5) is 16.7. The van der Waals surface area contributed by atoms with E-state index in [0.717, 1.165) is 23.3 Å². The van der Waals surface area contributed by atoms with Gasteiger partial charge < -0.3 is 10.1 Å². The number of benzene rings is 1. The van der Waals surface area contributed by atoms with Crippen LogP contribution in [0, 0.1) is 0 Å². The fourth-order valence-corrected chi connectivity index (χ4v) is 3.74. The van der Waals surface area contributed by atoms with Gasteiger partial charge in [0, 0.05) is 31.0 Å². The second-order valence-electron chi connectivity index (χ2n) is 6.60. The molecule has 7 nitrogen and oxygen atoms in total. The molecule has 156 valence electrons. The normalized spacial score (nSPS) is 11.7. The number of carbonyl (C=O) groups excluding carboxylic acids is 1. The van der Waals surface area contributed by atoms with Gasteiger partial charge in [0.05, 0.1) is 12.4 Å². The van der Waals surface area contributed by atoms with E-state index in [1.807, 2.05) is 47.9 Å². The molecule has 2 heterocycles. The van der Waals surface area contributed by atoms with Gasteiger partial charge in [0.15, 0.2) is 11.0 Å². The Morgan fingerprint density at radius 2 is 2.10 bits per heavy atom. The summed E-state index contributed by atoms with van der Waals surface area (Å²) in [5.74, 6) is 1.49. The summed E-state index contributed by atoms with van der Waals surface area (Å²) >= 11 is 1.38. The molecule has 0 fully saturated rings. The molecular weight excluding hydrogens is 398 g/mol. The van der Waals surface area contributed by atoms with Crippen molar-refractivity contribution in [3.05, 3.63) is 67.0 Å². The second-order valence-corrected chi connectivity index (χ2v) is 7.90. The second kappa shape index (κ2) is 10.6. The summed E-state index contributed by atoms with van der Waals surface area (Å²) < 4.78 is 7.10. The van der Waals surface area contributed by atoms with Crippen molar-refractivity contribution in [2.24, 2.45) is 0 Å². The third-order valence-electron chi connectivity index (χ3n) is 4.47. The summed E-state index contributed by atoms with van der Waals surface area (Å²) in [6, 6.07) is 11.6. The predicted octanol–water partition coefficient (Wildman–Crippen LogP) is 3.37. The fraction of sp³-hybridized carbons (Fsp3) is 0.273. The third-order valence-corrected chi connectivity index (χ3v) is 5.55. The molecule has 1 atom stereocenters. The summed E-state index contributed by atoms with van der Waals surface area (Å²) in [6.45, 7) is 6.80. The Balaban J connectivity index is 1.59. The van der Waals surface area contributed by atoms with Crippen LogP contribution in [0.2, 0.25) is 0 Å². The molecule has 0 saturated carbocycles. The topological polar surface area (TPSA) is 81.9 Å². The Morgan fingerprint density at radius 1 is 1.30 bits per heavy atom.